The number of hydrogen-bond acceptors (Lipinski definition) is 16. The Bertz CT molecular complexity index is 1370. The summed E-state index contributed by atoms with van der Waals surface area (Å²) in [7, 11) is -23.7. The van der Waals surface area contributed by atoms with E-state index in [1.54, 1.807) is 6.92 Å². The van der Waals surface area contributed by atoms with Crippen molar-refractivity contribution in [3.8, 4) is 0 Å². The molecule has 5 atom stereocenters. The number of ether oxygens (including phenoxy) is 3. The molecule has 0 bridgehead atoms. The van der Waals surface area contributed by atoms with Crippen molar-refractivity contribution in [2.24, 2.45) is 0 Å². The lowest BCUT2D eigenvalue weighted by atomic mass is 9.99. The van der Waals surface area contributed by atoms with Crippen LogP contribution in [0.1, 0.15) is 32.6 Å². The van der Waals surface area contributed by atoms with E-state index >= 15 is 0 Å². The van der Waals surface area contributed by atoms with Gasteiger partial charge >= 0.3 is 71.9 Å². The van der Waals surface area contributed by atoms with Gasteiger partial charge in [-0.2, -0.15) is 0 Å². The molecule has 1 unspecified atom stereocenters. The zero-order chi connectivity index (χ0) is 47.0. The van der Waals surface area contributed by atoms with Crippen molar-refractivity contribution in [2.45, 2.75) is 193 Å². The molecule has 0 aromatic carbocycles. The first-order valence-electron chi connectivity index (χ1n) is 21.0. The van der Waals surface area contributed by atoms with Crippen LogP contribution in [0, 0.1) is 0 Å². The van der Waals surface area contributed by atoms with Crippen molar-refractivity contribution < 1.29 is 77.1 Å². The van der Waals surface area contributed by atoms with Crippen LogP contribution in [0.25, 0.3) is 0 Å². The summed E-state index contributed by atoms with van der Waals surface area (Å²) in [6.45, 7) is 38.2. The molecule has 1 aliphatic heterocycles. The second-order valence-electron chi connectivity index (χ2n) is 19.9. The minimum atomic E-state index is -2.80. The van der Waals surface area contributed by atoms with Gasteiger partial charge in [0, 0.05) is 19.4 Å². The summed E-state index contributed by atoms with van der Waals surface area (Å²) in [5, 5.41) is 39.6. The Kier molecular flexibility index (Phi) is 22.1. The van der Waals surface area contributed by atoms with Gasteiger partial charge < -0.3 is 67.6 Å². The Morgan fingerprint density at radius 3 is 1.17 bits per heavy atom. The summed E-state index contributed by atoms with van der Waals surface area (Å²) in [4.78, 5) is 23.6. The van der Waals surface area contributed by atoms with Crippen LogP contribution in [0.2, 0.25) is 130 Å². The van der Waals surface area contributed by atoms with E-state index in [2.05, 4.69) is 26.2 Å². The van der Waals surface area contributed by atoms with Crippen molar-refractivity contribution in [3.63, 3.8) is 0 Å². The van der Waals surface area contributed by atoms with Crippen LogP contribution in [0.4, 0.5) is 0 Å². The molecular formula is C34H82O17Si9. The Morgan fingerprint density at radius 1 is 0.500 bits per heavy atom. The third-order valence-electron chi connectivity index (χ3n) is 8.73. The van der Waals surface area contributed by atoms with Gasteiger partial charge in [-0.1, -0.05) is 0 Å². The highest BCUT2D eigenvalue weighted by molar-refractivity contribution is 6.93. The molecule has 0 spiro atoms. The third kappa shape index (κ3) is 23.5. The number of carboxylic acids is 1. The van der Waals surface area contributed by atoms with Crippen LogP contribution >= 0.6 is 0 Å². The maximum atomic E-state index is 12.6. The molecule has 0 aromatic heterocycles. The number of aliphatic carboxylic acids is 1. The maximum Gasteiger partial charge on any atom is 0.314 e. The van der Waals surface area contributed by atoms with Crippen LogP contribution < -0.4 is 0 Å². The highest BCUT2D eigenvalue weighted by atomic mass is 28.5. The first-order valence-corrected chi connectivity index (χ1v) is 47.0. The van der Waals surface area contributed by atoms with E-state index in [4.69, 9.17) is 52.2 Å². The molecular weight excluding hydrogens is 933 g/mol. The van der Waals surface area contributed by atoms with E-state index in [-0.39, 0.29) is 26.1 Å². The first kappa shape index (κ1) is 58.4. The molecule has 0 radical (unpaired) electrons. The monoisotopic (exact) mass is 1010 g/mol. The number of aliphatic hydroxyl groups excluding tert-OH is 3. The van der Waals surface area contributed by atoms with E-state index in [1.807, 2.05) is 91.7 Å². The highest BCUT2D eigenvalue weighted by Crippen LogP contribution is 2.31. The van der Waals surface area contributed by atoms with Gasteiger partial charge in [-0.15, -0.1) is 0 Å². The fraction of sp³-hybridized carbons (Fsp3) is 0.941. The number of carboxylic acid groups (broad SMARTS) is 1. The molecule has 0 amide bonds. The molecule has 1 fully saturated rings. The molecule has 0 aromatic rings. The van der Waals surface area contributed by atoms with Gasteiger partial charge in [-0.05, 0) is 150 Å². The molecule has 17 nitrogen and oxygen atoms in total. The molecule has 356 valence electrons. The molecule has 60 heavy (non-hydrogen) atoms. The normalized spacial score (nSPS) is 21.9. The average Bonchev–Trinajstić information content (AvgIpc) is 2.95. The van der Waals surface area contributed by atoms with Gasteiger partial charge in [0.05, 0.1) is 0 Å². The lowest BCUT2D eigenvalue weighted by molar-refractivity contribution is -0.300. The largest absolute Gasteiger partial charge is 0.481 e. The van der Waals surface area contributed by atoms with Crippen molar-refractivity contribution in [1.82, 2.24) is 0 Å². The molecule has 0 saturated carbocycles. The number of esters is 1. The Labute approximate surface area is 370 Å². The maximum absolute atomic E-state index is 12.6. The second kappa shape index (κ2) is 22.7. The number of aliphatic hydroxyl groups is 3. The van der Waals surface area contributed by atoms with E-state index in [0.29, 0.717) is 18.9 Å². The van der Waals surface area contributed by atoms with E-state index in [0.717, 1.165) is 6.04 Å². The summed E-state index contributed by atoms with van der Waals surface area (Å²) in [6.07, 6.45) is -5.14. The van der Waals surface area contributed by atoms with Crippen LogP contribution in [0.3, 0.4) is 0 Å². The van der Waals surface area contributed by atoms with Gasteiger partial charge in [-0.25, -0.2) is 0 Å². The van der Waals surface area contributed by atoms with Crippen LogP contribution in [-0.4, -0.2) is 153 Å². The number of carbonyl (C=O) groups excluding carboxylic acids is 1. The molecule has 0 aliphatic carbocycles. The smallest absolute Gasteiger partial charge is 0.314 e. The number of carbonyl (C=O) groups is 2. The number of hydrogen-bond donors (Lipinski definition) is 4. The summed E-state index contributed by atoms with van der Waals surface area (Å²) in [5.74, 6) is -1.27. The van der Waals surface area contributed by atoms with Gasteiger partial charge in [0.2, 0.25) is 0 Å². The van der Waals surface area contributed by atoms with Crippen molar-refractivity contribution >= 4 is 88.5 Å². The first-order chi connectivity index (χ1) is 26.7. The zero-order valence-electron chi connectivity index (χ0n) is 40.1. The summed E-state index contributed by atoms with van der Waals surface area (Å²) in [6, 6.07) is 1.42. The highest BCUT2D eigenvalue weighted by Gasteiger charge is 2.50. The fourth-order valence-electron chi connectivity index (χ4n) is 8.06. The van der Waals surface area contributed by atoms with Crippen molar-refractivity contribution in [3.05, 3.63) is 0 Å². The minimum Gasteiger partial charge on any atom is -0.481 e. The average molecular weight is 1020 g/mol. The molecule has 1 aliphatic rings. The van der Waals surface area contributed by atoms with Crippen LogP contribution in [-0.2, 0) is 56.7 Å². The molecule has 1 saturated heterocycles. The van der Waals surface area contributed by atoms with Crippen molar-refractivity contribution in [1.29, 1.82) is 0 Å². The SMILES string of the molecule is CCOC1O[C@H](COC(=O)CCC[Si](C)(C)O[Si](C)(C)O[Si](C)(C)O[Si](C)(C)O[Si](C)(C)O[Si](C)(C)O[Si](C)(C)O[Si](C)(C)O[Si](C)(C)CCCC(=O)O)[C@@H](O)[C@H](O)[C@H]1O. The molecule has 1 heterocycles. The molecule has 4 N–H and O–H groups in total. The van der Waals surface area contributed by atoms with Crippen LogP contribution in [0.5, 0.6) is 0 Å². The lowest BCUT2D eigenvalue weighted by Gasteiger charge is -2.44. The topological polar surface area (TPSA) is 217 Å². The third-order valence-corrected chi connectivity index (χ3v) is 43.8. The standard InChI is InChI=1S/C34H82O17Si9/c1-20-41-34-33(40)32(39)31(38)28(43-34)27-42-30(37)24-22-26-53(4,5)45-55(8,9)47-57(12,13)49-59(16,17)51-60(18,19)50-58(14,15)48-56(10,11)46-54(6,7)44-52(2,3)25-21-23-29(35)36/h28,31-34,38-40H,20-27H2,1-19H3,(H,35,36)/t28-,31-,32+,33-,34?/m1/s1. The summed E-state index contributed by atoms with van der Waals surface area (Å²) < 4.78 is 69.9. The van der Waals surface area contributed by atoms with Gasteiger partial charge in [0.25, 0.3) is 0 Å². The Hall–Kier alpha value is 0.372. The number of rotatable bonds is 28. The molecule has 26 heteroatoms. The summed E-state index contributed by atoms with van der Waals surface area (Å²) >= 11 is 0. The van der Waals surface area contributed by atoms with Crippen molar-refractivity contribution in [2.75, 3.05) is 13.2 Å². The van der Waals surface area contributed by atoms with E-state index in [9.17, 15) is 24.9 Å². The Morgan fingerprint density at radius 2 is 0.833 bits per heavy atom. The zero-order valence-corrected chi connectivity index (χ0v) is 49.1. The fourth-order valence-corrected chi connectivity index (χ4v) is 53.8. The van der Waals surface area contributed by atoms with E-state index < -0.39 is 119 Å². The quantitative estimate of drug-likeness (QED) is 0.0488. The minimum absolute atomic E-state index is 0.131. The predicted octanol–water partition coefficient (Wildman–Crippen LogP) is 6.47. The lowest BCUT2D eigenvalue weighted by Crippen LogP contribution is -2.62. The second-order valence-corrected chi connectivity index (χ2v) is 54.1. The molecule has 1 rings (SSSR count). The van der Waals surface area contributed by atoms with E-state index in [1.165, 1.54) is 0 Å². The van der Waals surface area contributed by atoms with Gasteiger partial charge in [-0.3, -0.25) is 9.59 Å². The van der Waals surface area contributed by atoms with Gasteiger partial charge in [0.1, 0.15) is 31.0 Å². The Balaban J connectivity index is 2.74. The predicted molar refractivity (Wildman–Crippen MR) is 251 cm³/mol. The van der Waals surface area contributed by atoms with Gasteiger partial charge in [0.15, 0.2) is 22.9 Å². The summed E-state index contributed by atoms with van der Waals surface area (Å²) in [5.41, 5.74) is 0. The van der Waals surface area contributed by atoms with Crippen LogP contribution in [0.15, 0.2) is 0 Å².